The van der Waals surface area contributed by atoms with Gasteiger partial charge in [0.05, 0.1) is 17.9 Å². The number of carboxylic acids is 1. The van der Waals surface area contributed by atoms with Crippen LogP contribution in [0.25, 0.3) is 0 Å². The van der Waals surface area contributed by atoms with Crippen molar-refractivity contribution in [1.29, 1.82) is 5.26 Å². The Hall–Kier alpha value is -1.08. The average molecular weight is 226 g/mol. The molecule has 1 N–H and O–H groups in total. The lowest BCUT2D eigenvalue weighted by Crippen LogP contribution is -2.35. The molecule has 0 heterocycles. The first-order valence-corrected chi connectivity index (χ1v) is 5.65. The van der Waals surface area contributed by atoms with Gasteiger partial charge in [-0.15, -0.1) is 0 Å². The van der Waals surface area contributed by atoms with Crippen LogP contribution < -0.4 is 0 Å². The average Bonchev–Trinajstić information content (AvgIpc) is 2.16. The third-order valence-electron chi connectivity index (χ3n) is 2.67. The predicted molar refractivity (Wildman–Crippen MR) is 63.0 cm³/mol. The van der Waals surface area contributed by atoms with Crippen molar-refractivity contribution in [3.8, 4) is 6.07 Å². The maximum atomic E-state index is 10.5. The standard InChI is InChI=1S/C12H22N2O2/c1-10(2)14(7-5-11(15)16)8-6-12(3,4)9-13/h10H,5-8H2,1-4H3,(H,15,16). The van der Waals surface area contributed by atoms with Crippen LogP contribution in [0.4, 0.5) is 0 Å². The predicted octanol–water partition coefficient (Wildman–Crippen LogP) is 2.11. The lowest BCUT2D eigenvalue weighted by atomic mass is 9.91. The SMILES string of the molecule is CC(C)N(CCC(=O)O)CCC(C)(C)C#N. The van der Waals surface area contributed by atoms with Gasteiger partial charge in [-0.3, -0.25) is 4.79 Å². The molecule has 0 amide bonds. The molecule has 92 valence electrons. The fourth-order valence-electron chi connectivity index (χ4n) is 1.35. The topological polar surface area (TPSA) is 64.3 Å². The van der Waals surface area contributed by atoms with E-state index < -0.39 is 5.97 Å². The molecule has 0 aromatic heterocycles. The molecule has 4 heteroatoms. The largest absolute Gasteiger partial charge is 0.481 e. The zero-order chi connectivity index (χ0) is 12.8. The molecular formula is C12H22N2O2. The second-order valence-electron chi connectivity index (χ2n) is 5.02. The molecule has 0 fully saturated rings. The van der Waals surface area contributed by atoms with E-state index in [0.717, 1.165) is 13.0 Å². The summed E-state index contributed by atoms with van der Waals surface area (Å²) in [4.78, 5) is 12.6. The lowest BCUT2D eigenvalue weighted by Gasteiger charge is -2.28. The van der Waals surface area contributed by atoms with Crippen LogP contribution in [0.1, 0.15) is 40.5 Å². The molecule has 0 saturated heterocycles. The van der Waals surface area contributed by atoms with Crippen LogP contribution in [0.5, 0.6) is 0 Å². The molecule has 0 rings (SSSR count). The van der Waals surface area contributed by atoms with Gasteiger partial charge < -0.3 is 10.0 Å². The summed E-state index contributed by atoms with van der Waals surface area (Å²) in [5, 5.41) is 17.5. The summed E-state index contributed by atoms with van der Waals surface area (Å²) in [6, 6.07) is 2.57. The monoisotopic (exact) mass is 226 g/mol. The molecule has 0 aromatic carbocycles. The van der Waals surface area contributed by atoms with Crippen molar-refractivity contribution in [1.82, 2.24) is 4.90 Å². The van der Waals surface area contributed by atoms with Gasteiger partial charge in [0.15, 0.2) is 0 Å². The van der Waals surface area contributed by atoms with Crippen LogP contribution in [0.3, 0.4) is 0 Å². The van der Waals surface area contributed by atoms with Crippen LogP contribution in [-0.4, -0.2) is 35.1 Å². The van der Waals surface area contributed by atoms with Gasteiger partial charge in [0, 0.05) is 12.6 Å². The molecule has 16 heavy (non-hydrogen) atoms. The molecule has 0 bridgehead atoms. The number of carboxylic acid groups (broad SMARTS) is 1. The molecular weight excluding hydrogens is 204 g/mol. The molecule has 0 aliphatic carbocycles. The third kappa shape index (κ3) is 6.41. The van der Waals surface area contributed by atoms with Crippen molar-refractivity contribution in [3.05, 3.63) is 0 Å². The van der Waals surface area contributed by atoms with E-state index in [1.165, 1.54) is 0 Å². The highest BCUT2D eigenvalue weighted by molar-refractivity contribution is 5.66. The maximum Gasteiger partial charge on any atom is 0.304 e. The fraction of sp³-hybridized carbons (Fsp3) is 0.833. The van der Waals surface area contributed by atoms with Crippen LogP contribution in [-0.2, 0) is 4.79 Å². The highest BCUT2D eigenvalue weighted by Crippen LogP contribution is 2.19. The minimum Gasteiger partial charge on any atom is -0.481 e. The molecule has 0 saturated carbocycles. The van der Waals surface area contributed by atoms with Crippen molar-refractivity contribution in [2.24, 2.45) is 5.41 Å². The molecule has 0 aliphatic rings. The molecule has 0 aromatic rings. The van der Waals surface area contributed by atoms with Gasteiger partial charge in [-0.05, 0) is 40.7 Å². The Balaban J connectivity index is 4.15. The lowest BCUT2D eigenvalue weighted by molar-refractivity contribution is -0.137. The van der Waals surface area contributed by atoms with E-state index in [0.29, 0.717) is 12.6 Å². The van der Waals surface area contributed by atoms with Gasteiger partial charge in [0.25, 0.3) is 0 Å². The summed E-state index contributed by atoms with van der Waals surface area (Å²) in [7, 11) is 0. The van der Waals surface area contributed by atoms with E-state index in [9.17, 15) is 4.79 Å². The Bertz CT molecular complexity index is 267. The highest BCUT2D eigenvalue weighted by atomic mass is 16.4. The summed E-state index contributed by atoms with van der Waals surface area (Å²) in [5.41, 5.74) is -0.337. The second kappa shape index (κ2) is 6.49. The quantitative estimate of drug-likeness (QED) is 0.722. The van der Waals surface area contributed by atoms with Gasteiger partial charge in [-0.1, -0.05) is 0 Å². The summed E-state index contributed by atoms with van der Waals surface area (Å²) in [5.74, 6) is -0.773. The Morgan fingerprint density at radius 1 is 1.44 bits per heavy atom. The zero-order valence-corrected chi connectivity index (χ0v) is 10.7. The van der Waals surface area contributed by atoms with E-state index in [1.807, 2.05) is 27.7 Å². The van der Waals surface area contributed by atoms with Crippen molar-refractivity contribution in [2.75, 3.05) is 13.1 Å². The smallest absolute Gasteiger partial charge is 0.304 e. The minimum absolute atomic E-state index is 0.158. The van der Waals surface area contributed by atoms with E-state index in [-0.39, 0.29) is 11.8 Å². The van der Waals surface area contributed by atoms with Crippen molar-refractivity contribution < 1.29 is 9.90 Å². The number of aliphatic carboxylic acids is 1. The van der Waals surface area contributed by atoms with Gasteiger partial charge in [0.1, 0.15) is 0 Å². The Morgan fingerprint density at radius 3 is 2.38 bits per heavy atom. The van der Waals surface area contributed by atoms with Gasteiger partial charge >= 0.3 is 5.97 Å². The summed E-state index contributed by atoms with van der Waals surface area (Å²) >= 11 is 0. The van der Waals surface area contributed by atoms with Gasteiger partial charge in [0.2, 0.25) is 0 Å². The van der Waals surface area contributed by atoms with Gasteiger partial charge in [-0.2, -0.15) is 5.26 Å². The highest BCUT2D eigenvalue weighted by Gasteiger charge is 2.19. The molecule has 0 spiro atoms. The van der Waals surface area contributed by atoms with Crippen LogP contribution in [0, 0.1) is 16.7 Å². The second-order valence-corrected chi connectivity index (χ2v) is 5.02. The first-order chi connectivity index (χ1) is 7.28. The number of hydrogen-bond donors (Lipinski definition) is 1. The summed E-state index contributed by atoms with van der Waals surface area (Å²) in [6.07, 6.45) is 0.923. The zero-order valence-electron chi connectivity index (χ0n) is 10.7. The summed E-state index contributed by atoms with van der Waals surface area (Å²) in [6.45, 7) is 9.22. The van der Waals surface area contributed by atoms with E-state index in [1.54, 1.807) is 0 Å². The molecule has 4 nitrogen and oxygen atoms in total. The van der Waals surface area contributed by atoms with Crippen molar-refractivity contribution in [3.63, 3.8) is 0 Å². The molecule has 0 aliphatic heterocycles. The van der Waals surface area contributed by atoms with Crippen LogP contribution in [0.2, 0.25) is 0 Å². The molecule has 0 unspecified atom stereocenters. The fourth-order valence-corrected chi connectivity index (χ4v) is 1.35. The van der Waals surface area contributed by atoms with E-state index in [4.69, 9.17) is 10.4 Å². The first-order valence-electron chi connectivity index (χ1n) is 5.65. The first kappa shape index (κ1) is 14.9. The van der Waals surface area contributed by atoms with Crippen LogP contribution >= 0.6 is 0 Å². The Labute approximate surface area is 97.9 Å². The molecule has 0 atom stereocenters. The van der Waals surface area contributed by atoms with Crippen LogP contribution in [0.15, 0.2) is 0 Å². The maximum absolute atomic E-state index is 10.5. The number of nitrogens with zero attached hydrogens (tertiary/aromatic N) is 2. The summed E-state index contributed by atoms with van der Waals surface area (Å²) < 4.78 is 0. The number of nitriles is 1. The van der Waals surface area contributed by atoms with E-state index in [2.05, 4.69) is 11.0 Å². The number of rotatable bonds is 7. The minimum atomic E-state index is -0.773. The number of hydrogen-bond acceptors (Lipinski definition) is 3. The molecule has 0 radical (unpaired) electrons. The van der Waals surface area contributed by atoms with E-state index >= 15 is 0 Å². The normalized spacial score (nSPS) is 11.8. The third-order valence-corrected chi connectivity index (χ3v) is 2.67. The van der Waals surface area contributed by atoms with Gasteiger partial charge in [-0.25, -0.2) is 0 Å². The van der Waals surface area contributed by atoms with Crippen molar-refractivity contribution >= 4 is 5.97 Å². The Morgan fingerprint density at radius 2 is 2.00 bits per heavy atom. The number of carbonyl (C=O) groups is 1. The van der Waals surface area contributed by atoms with Crippen molar-refractivity contribution in [2.45, 2.75) is 46.6 Å². The Kier molecular flexibility index (Phi) is 6.05.